The molecule has 2 heterocycles. The Labute approximate surface area is 168 Å². The molecule has 1 radical (unpaired) electrons. The Morgan fingerprint density at radius 3 is 2.30 bits per heavy atom. The van der Waals surface area contributed by atoms with Crippen LogP contribution in [0, 0.1) is 6.92 Å². The van der Waals surface area contributed by atoms with Gasteiger partial charge in [-0.25, -0.2) is 15.0 Å². The van der Waals surface area contributed by atoms with Crippen molar-refractivity contribution in [2.24, 2.45) is 0 Å². The summed E-state index contributed by atoms with van der Waals surface area (Å²) in [5.74, 6) is 0.773. The minimum absolute atomic E-state index is 0. The molecule has 0 amide bonds. The van der Waals surface area contributed by atoms with Crippen LogP contribution in [-0.2, 0) is 39.1 Å². The Balaban J connectivity index is 0.00000264. The monoisotopic (exact) mass is 432 g/mol. The van der Waals surface area contributed by atoms with Gasteiger partial charge in [0, 0.05) is 45.0 Å². The molecule has 0 aliphatic carbocycles. The molecule has 0 saturated carbocycles. The van der Waals surface area contributed by atoms with Crippen molar-refractivity contribution < 1.29 is 42.2 Å². The molecule has 0 spiro atoms. The molecule has 2 aromatic heterocycles. The number of aromatic nitrogens is 6. The Bertz CT molecular complexity index is 643. The Morgan fingerprint density at radius 2 is 1.65 bits per heavy atom. The van der Waals surface area contributed by atoms with Gasteiger partial charge in [0.1, 0.15) is 18.5 Å². The average molecular weight is 433 g/mol. The summed E-state index contributed by atoms with van der Waals surface area (Å²) in [6, 6.07) is 0.211. The van der Waals surface area contributed by atoms with Gasteiger partial charge in [-0.2, -0.15) is 15.0 Å². The van der Waals surface area contributed by atoms with Gasteiger partial charge in [-0.05, 0) is 30.1 Å². The quantitative estimate of drug-likeness (QED) is 0.639. The first-order chi connectivity index (χ1) is 10.5. The molecule has 23 heavy (non-hydrogen) atoms. The summed E-state index contributed by atoms with van der Waals surface area (Å²) in [7, 11) is 0. The molecule has 1 unspecified atom stereocenters. The number of aryl methyl sites for hydroxylation is 1. The van der Waals surface area contributed by atoms with Gasteiger partial charge in [0.15, 0.2) is 0 Å². The first-order valence-electron chi connectivity index (χ1n) is 6.39. The number of nitrogens with zero attached hydrogens (tertiary/aromatic N) is 6. The van der Waals surface area contributed by atoms with E-state index < -0.39 is 0 Å². The molecule has 0 aromatic carbocycles. The van der Waals surface area contributed by atoms with Crippen LogP contribution in [-0.4, -0.2) is 42.6 Å². The average Bonchev–Trinajstić information content (AvgIpc) is 2.43. The zero-order valence-corrected chi connectivity index (χ0v) is 16.9. The summed E-state index contributed by atoms with van der Waals surface area (Å²) in [6.07, 6.45) is 0.256. The predicted molar refractivity (Wildman–Crippen MR) is 79.1 cm³/mol. The van der Waals surface area contributed by atoms with E-state index in [1.807, 2.05) is 6.92 Å². The van der Waals surface area contributed by atoms with Crippen molar-refractivity contribution in [3.63, 3.8) is 0 Å². The van der Waals surface area contributed by atoms with Gasteiger partial charge in [0.25, 0.3) is 0 Å². The fraction of sp³-hybridized carbons (Fsp3) is 0.417. The third kappa shape index (κ3) is 6.67. The number of hydrogen-bond donors (Lipinski definition) is 0. The Hall–Kier alpha value is -0.826. The van der Waals surface area contributed by atoms with Crippen LogP contribution < -0.4 is 9.47 Å². The zero-order chi connectivity index (χ0) is 16.1. The smallest absolute Gasteiger partial charge is 0.321 e. The summed E-state index contributed by atoms with van der Waals surface area (Å²) in [5.41, 5.74) is 0. The van der Waals surface area contributed by atoms with E-state index in [1.54, 1.807) is 6.92 Å². The summed E-state index contributed by atoms with van der Waals surface area (Å²) >= 11 is 11.5. The topological polar surface area (TPSA) is 95.8 Å². The predicted octanol–water partition coefficient (Wildman–Crippen LogP) is 1.95. The van der Waals surface area contributed by atoms with E-state index in [4.69, 9.17) is 32.7 Å². The summed E-state index contributed by atoms with van der Waals surface area (Å²) in [4.78, 5) is 23.4. The molecule has 1 atom stereocenters. The number of rotatable bonds is 6. The third-order valence-corrected chi connectivity index (χ3v) is 2.68. The van der Waals surface area contributed by atoms with Crippen LogP contribution in [0.15, 0.2) is 0 Å². The molecule has 0 aliphatic heterocycles. The second kappa shape index (κ2) is 9.46. The van der Waals surface area contributed by atoms with E-state index in [-0.39, 0.29) is 73.8 Å². The van der Waals surface area contributed by atoms with Crippen molar-refractivity contribution >= 4 is 23.2 Å². The maximum atomic E-state index is 5.80. The number of hydrogen-bond acceptors (Lipinski definition) is 8. The van der Waals surface area contributed by atoms with Crippen molar-refractivity contribution in [2.45, 2.75) is 26.4 Å². The SMILES string of the molecule is [CH2-]c1nc(Cl)nc(OCC(C)Oc2nc(Cl)nc(CC)n2)n1.[Y]. The van der Waals surface area contributed by atoms with E-state index in [0.717, 1.165) is 0 Å². The molecule has 121 valence electrons. The Kier molecular flexibility index (Phi) is 8.32. The van der Waals surface area contributed by atoms with Crippen LogP contribution in [0.25, 0.3) is 0 Å². The van der Waals surface area contributed by atoms with Gasteiger partial charge in [-0.3, -0.25) is 0 Å². The standard InChI is InChI=1S/C12H13Cl2N6O2.Y/c1-4-8-17-10(14)20-12(18-8)22-6(2)5-21-11-16-7(3)15-9(13)19-11;/h6H,3-5H2,1-2H3;/q-1;. The van der Waals surface area contributed by atoms with Crippen molar-refractivity contribution in [3.8, 4) is 12.0 Å². The van der Waals surface area contributed by atoms with E-state index in [0.29, 0.717) is 12.2 Å². The second-order valence-electron chi connectivity index (χ2n) is 4.20. The van der Waals surface area contributed by atoms with E-state index in [9.17, 15) is 0 Å². The summed E-state index contributed by atoms with van der Waals surface area (Å²) in [5, 5.41) is 0.0984. The van der Waals surface area contributed by atoms with Crippen molar-refractivity contribution in [1.82, 2.24) is 29.9 Å². The van der Waals surface area contributed by atoms with Crippen LogP contribution in [0.2, 0.25) is 10.6 Å². The molecule has 0 fully saturated rings. The van der Waals surface area contributed by atoms with Gasteiger partial charge in [0.05, 0.1) is 0 Å². The molecule has 2 rings (SSSR count). The minimum Gasteiger partial charge on any atom is -0.459 e. The van der Waals surface area contributed by atoms with Crippen LogP contribution in [0.5, 0.6) is 12.0 Å². The van der Waals surface area contributed by atoms with Crippen LogP contribution in [0.3, 0.4) is 0 Å². The van der Waals surface area contributed by atoms with Gasteiger partial charge in [-0.1, -0.05) is 6.92 Å². The third-order valence-electron chi connectivity index (χ3n) is 2.34. The maximum absolute atomic E-state index is 5.80. The van der Waals surface area contributed by atoms with E-state index >= 15 is 0 Å². The molecular weight excluding hydrogens is 420 g/mol. The first-order valence-corrected chi connectivity index (χ1v) is 7.15. The van der Waals surface area contributed by atoms with Crippen molar-refractivity contribution in [3.05, 3.63) is 29.1 Å². The molecule has 8 nitrogen and oxygen atoms in total. The molecule has 0 saturated heterocycles. The molecule has 0 bridgehead atoms. The Morgan fingerprint density at radius 1 is 1.00 bits per heavy atom. The molecule has 2 aromatic rings. The molecule has 0 N–H and O–H groups in total. The van der Waals surface area contributed by atoms with Crippen LogP contribution >= 0.6 is 23.2 Å². The fourth-order valence-electron chi connectivity index (χ4n) is 1.42. The normalized spacial score (nSPS) is 11.5. The molecule has 0 aliphatic rings. The molecule has 11 heteroatoms. The van der Waals surface area contributed by atoms with Gasteiger partial charge in [0.2, 0.25) is 10.6 Å². The zero-order valence-electron chi connectivity index (χ0n) is 12.5. The number of halogens is 2. The largest absolute Gasteiger partial charge is 0.459 e. The maximum Gasteiger partial charge on any atom is 0.321 e. The second-order valence-corrected chi connectivity index (χ2v) is 4.88. The fourth-order valence-corrected chi connectivity index (χ4v) is 1.76. The van der Waals surface area contributed by atoms with Crippen molar-refractivity contribution in [2.75, 3.05) is 6.61 Å². The van der Waals surface area contributed by atoms with Crippen LogP contribution in [0.1, 0.15) is 25.5 Å². The van der Waals surface area contributed by atoms with Gasteiger partial charge >= 0.3 is 12.0 Å². The molecular formula is C12H13Cl2N6O2Y-. The van der Waals surface area contributed by atoms with Crippen molar-refractivity contribution in [1.29, 1.82) is 0 Å². The first kappa shape index (κ1) is 20.2. The summed E-state index contributed by atoms with van der Waals surface area (Å²) < 4.78 is 10.9. The summed E-state index contributed by atoms with van der Waals surface area (Å²) in [6.45, 7) is 7.40. The van der Waals surface area contributed by atoms with Gasteiger partial charge < -0.3 is 16.4 Å². The van der Waals surface area contributed by atoms with Crippen LogP contribution in [0.4, 0.5) is 0 Å². The van der Waals surface area contributed by atoms with E-state index in [2.05, 4.69) is 36.8 Å². The van der Waals surface area contributed by atoms with E-state index in [1.165, 1.54) is 0 Å². The van der Waals surface area contributed by atoms with Gasteiger partial charge in [-0.15, -0.1) is 0 Å². The number of ether oxygens (including phenoxy) is 2. The minimum atomic E-state index is -0.369.